The molecule has 0 unspecified atom stereocenters. The number of carbonyl (C=O) groups excluding carboxylic acids is 1. The summed E-state index contributed by atoms with van der Waals surface area (Å²) in [7, 11) is 1.60. The minimum Gasteiger partial charge on any atom is -0.497 e. The molecule has 5 rings (SSSR count). The van der Waals surface area contributed by atoms with Crippen LogP contribution < -0.4 is 9.47 Å². The van der Waals surface area contributed by atoms with E-state index in [4.69, 9.17) is 18.9 Å². The molecule has 0 saturated heterocycles. The molecule has 1 fully saturated rings. The molecule has 1 aromatic heterocycles. The predicted octanol–water partition coefficient (Wildman–Crippen LogP) is 7.03. The Hall–Kier alpha value is -4.06. The number of methoxy groups -OCH3 is 1. The smallest absolute Gasteiger partial charge is 0.415 e. The molecule has 1 amide bonds. The highest BCUT2D eigenvalue weighted by Crippen LogP contribution is 2.49. The van der Waals surface area contributed by atoms with Gasteiger partial charge < -0.3 is 18.8 Å². The Bertz CT molecular complexity index is 1330. The van der Waals surface area contributed by atoms with Gasteiger partial charge in [0.25, 0.3) is 0 Å². The van der Waals surface area contributed by atoms with Gasteiger partial charge in [0.05, 0.1) is 12.8 Å². The lowest BCUT2D eigenvalue weighted by molar-refractivity contribution is 0.152. The molecule has 0 spiro atoms. The normalized spacial score (nSPS) is 16.3. The van der Waals surface area contributed by atoms with Crippen LogP contribution in [0.4, 0.5) is 4.79 Å². The van der Waals surface area contributed by atoms with E-state index in [1.165, 1.54) is 5.56 Å². The first kappa shape index (κ1) is 24.6. The van der Waals surface area contributed by atoms with Gasteiger partial charge in [-0.15, -0.1) is 0 Å². The van der Waals surface area contributed by atoms with E-state index in [1.54, 1.807) is 36.3 Å². The van der Waals surface area contributed by atoms with E-state index in [-0.39, 0.29) is 6.09 Å². The third-order valence-corrected chi connectivity index (χ3v) is 6.98. The summed E-state index contributed by atoms with van der Waals surface area (Å²) >= 11 is 0. The van der Waals surface area contributed by atoms with Crippen molar-refractivity contribution in [3.63, 3.8) is 0 Å². The van der Waals surface area contributed by atoms with E-state index in [9.17, 15) is 4.79 Å². The van der Waals surface area contributed by atoms with Crippen molar-refractivity contribution >= 4 is 6.09 Å². The first-order chi connectivity index (χ1) is 18.0. The largest absolute Gasteiger partial charge is 0.497 e. The molecule has 0 N–H and O–H groups in total. The topological polar surface area (TPSA) is 64.8 Å². The first-order valence-electron chi connectivity index (χ1n) is 12.8. The standard InChI is InChI=1S/C31H32N2O4/c1-4-33(31(34)37-27-16-14-26(35-3)15-17-27)20-22-10-12-23(13-11-22)28-18-25(28)19-29-21(2)36-30(32-29)24-8-6-5-7-9-24/h5-17,25,28H,4,18-20H2,1-3H3/t25-,28+/m0/s1. The van der Waals surface area contributed by atoms with Gasteiger partial charge in [-0.3, -0.25) is 0 Å². The molecule has 37 heavy (non-hydrogen) atoms. The summed E-state index contributed by atoms with van der Waals surface area (Å²) in [6, 6.07) is 25.6. The monoisotopic (exact) mass is 496 g/mol. The van der Waals surface area contributed by atoms with Crippen molar-refractivity contribution in [2.75, 3.05) is 13.7 Å². The maximum Gasteiger partial charge on any atom is 0.415 e. The summed E-state index contributed by atoms with van der Waals surface area (Å²) in [6.07, 6.45) is 1.72. The Balaban J connectivity index is 1.16. The van der Waals surface area contributed by atoms with Crippen LogP contribution in [0.15, 0.2) is 83.3 Å². The molecule has 2 atom stereocenters. The van der Waals surface area contributed by atoms with Gasteiger partial charge in [0, 0.05) is 18.7 Å². The molecule has 190 valence electrons. The molecule has 4 aromatic rings. The van der Waals surface area contributed by atoms with Crippen LogP contribution >= 0.6 is 0 Å². The molecule has 6 nitrogen and oxygen atoms in total. The van der Waals surface area contributed by atoms with E-state index in [1.807, 2.05) is 44.2 Å². The second-order valence-corrected chi connectivity index (χ2v) is 9.49. The third-order valence-electron chi connectivity index (χ3n) is 6.98. The van der Waals surface area contributed by atoms with Crippen LogP contribution in [0.1, 0.15) is 41.8 Å². The van der Waals surface area contributed by atoms with Gasteiger partial charge in [0.1, 0.15) is 17.3 Å². The molecule has 3 aromatic carbocycles. The Labute approximate surface area is 217 Å². The molecule has 1 aliphatic carbocycles. The SMILES string of the molecule is CCN(Cc1ccc([C@H]2C[C@H]2Cc2nc(-c3ccccc3)oc2C)cc1)C(=O)Oc1ccc(OC)cc1. The lowest BCUT2D eigenvalue weighted by Crippen LogP contribution is -2.32. The van der Waals surface area contributed by atoms with Crippen molar-refractivity contribution in [2.24, 2.45) is 5.92 Å². The molecule has 0 aliphatic heterocycles. The number of benzene rings is 3. The van der Waals surface area contributed by atoms with Crippen molar-refractivity contribution in [2.45, 2.75) is 39.2 Å². The molecular weight excluding hydrogens is 464 g/mol. The molecule has 1 saturated carbocycles. The fourth-order valence-corrected chi connectivity index (χ4v) is 4.66. The number of oxazole rings is 1. The van der Waals surface area contributed by atoms with Gasteiger partial charge in [0.15, 0.2) is 0 Å². The summed E-state index contributed by atoms with van der Waals surface area (Å²) in [6.45, 7) is 5.01. The van der Waals surface area contributed by atoms with Crippen molar-refractivity contribution < 1.29 is 18.7 Å². The minimum atomic E-state index is -0.364. The Kier molecular flexibility index (Phi) is 7.26. The number of aryl methyl sites for hydroxylation is 1. The van der Waals surface area contributed by atoms with Gasteiger partial charge in [-0.1, -0.05) is 42.5 Å². The second-order valence-electron chi connectivity index (χ2n) is 9.49. The van der Waals surface area contributed by atoms with E-state index < -0.39 is 0 Å². The summed E-state index contributed by atoms with van der Waals surface area (Å²) in [5.41, 5.74) is 4.47. The fraction of sp³-hybridized carbons (Fsp3) is 0.290. The summed E-state index contributed by atoms with van der Waals surface area (Å²) in [4.78, 5) is 19.2. The maximum absolute atomic E-state index is 12.7. The minimum absolute atomic E-state index is 0.364. The highest BCUT2D eigenvalue weighted by atomic mass is 16.6. The van der Waals surface area contributed by atoms with Crippen LogP contribution in [0.2, 0.25) is 0 Å². The van der Waals surface area contributed by atoms with E-state index in [0.717, 1.165) is 41.2 Å². The predicted molar refractivity (Wildman–Crippen MR) is 143 cm³/mol. The Morgan fingerprint density at radius 2 is 1.70 bits per heavy atom. The van der Waals surface area contributed by atoms with E-state index in [2.05, 4.69) is 24.3 Å². The van der Waals surface area contributed by atoms with Crippen molar-refractivity contribution in [3.8, 4) is 23.0 Å². The summed E-state index contributed by atoms with van der Waals surface area (Å²) in [5, 5.41) is 0. The molecule has 6 heteroatoms. The molecule has 1 heterocycles. The van der Waals surface area contributed by atoms with Crippen molar-refractivity contribution in [1.82, 2.24) is 9.88 Å². The number of hydrogen-bond acceptors (Lipinski definition) is 5. The zero-order chi connectivity index (χ0) is 25.8. The summed E-state index contributed by atoms with van der Waals surface area (Å²) in [5.74, 6) is 3.93. The number of rotatable bonds is 9. The van der Waals surface area contributed by atoms with E-state index >= 15 is 0 Å². The van der Waals surface area contributed by atoms with Crippen LogP contribution in [-0.2, 0) is 13.0 Å². The number of ether oxygens (including phenoxy) is 2. The Morgan fingerprint density at radius 1 is 1.00 bits per heavy atom. The molecule has 0 radical (unpaired) electrons. The second kappa shape index (κ2) is 10.9. The quantitative estimate of drug-likeness (QED) is 0.249. The highest BCUT2D eigenvalue weighted by Gasteiger charge is 2.39. The average molecular weight is 497 g/mol. The highest BCUT2D eigenvalue weighted by molar-refractivity contribution is 5.70. The lowest BCUT2D eigenvalue weighted by atomic mass is 10.0. The van der Waals surface area contributed by atoms with Crippen molar-refractivity contribution in [3.05, 3.63) is 101 Å². The molecule has 1 aliphatic rings. The van der Waals surface area contributed by atoms with Gasteiger partial charge in [-0.05, 0) is 86.1 Å². The number of nitrogens with zero attached hydrogens (tertiary/aromatic N) is 2. The van der Waals surface area contributed by atoms with Gasteiger partial charge in [0.2, 0.25) is 5.89 Å². The average Bonchev–Trinajstić information content (AvgIpc) is 3.61. The van der Waals surface area contributed by atoms with Gasteiger partial charge >= 0.3 is 6.09 Å². The van der Waals surface area contributed by atoms with Gasteiger partial charge in [-0.25, -0.2) is 9.78 Å². The number of amides is 1. The molecule has 0 bridgehead atoms. The third kappa shape index (κ3) is 5.85. The number of aromatic nitrogens is 1. The lowest BCUT2D eigenvalue weighted by Gasteiger charge is -2.20. The maximum atomic E-state index is 12.7. The zero-order valence-corrected chi connectivity index (χ0v) is 21.5. The number of hydrogen-bond donors (Lipinski definition) is 0. The first-order valence-corrected chi connectivity index (χ1v) is 12.8. The number of carbonyl (C=O) groups is 1. The Morgan fingerprint density at radius 3 is 2.38 bits per heavy atom. The van der Waals surface area contributed by atoms with E-state index in [0.29, 0.717) is 36.6 Å². The summed E-state index contributed by atoms with van der Waals surface area (Å²) < 4.78 is 16.6. The van der Waals surface area contributed by atoms with Crippen LogP contribution in [-0.4, -0.2) is 29.6 Å². The van der Waals surface area contributed by atoms with Crippen LogP contribution in [0.3, 0.4) is 0 Å². The van der Waals surface area contributed by atoms with Crippen molar-refractivity contribution in [1.29, 1.82) is 0 Å². The van der Waals surface area contributed by atoms with Gasteiger partial charge in [-0.2, -0.15) is 0 Å². The fourth-order valence-electron chi connectivity index (χ4n) is 4.66. The van der Waals surface area contributed by atoms with Crippen LogP contribution in [0.25, 0.3) is 11.5 Å². The van der Waals surface area contributed by atoms with Crippen LogP contribution in [0.5, 0.6) is 11.5 Å². The van der Waals surface area contributed by atoms with Crippen LogP contribution in [0, 0.1) is 12.8 Å². The molecular formula is C31H32N2O4. The zero-order valence-electron chi connectivity index (χ0n) is 21.5.